The molecule has 3 rings (SSSR count). The molecule has 1 aliphatic rings. The molecule has 0 saturated heterocycles. The predicted molar refractivity (Wildman–Crippen MR) is 60.1 cm³/mol. The van der Waals surface area contributed by atoms with Gasteiger partial charge in [0.05, 0.1) is 23.8 Å². The van der Waals surface area contributed by atoms with Crippen LogP contribution in [0.4, 0.5) is 5.69 Å². The van der Waals surface area contributed by atoms with Gasteiger partial charge in [0, 0.05) is 30.9 Å². The molecule has 3 heterocycles. The molecule has 0 aromatic carbocycles. The molecule has 0 spiro atoms. The van der Waals surface area contributed by atoms with Crippen LogP contribution in [0.25, 0.3) is 11.3 Å². The molecular weight excluding hydrogens is 204 g/mol. The molecule has 0 bridgehead atoms. The van der Waals surface area contributed by atoms with E-state index < -0.39 is 0 Å². The number of nitrogens with zero attached hydrogens (tertiary/aromatic N) is 5. The summed E-state index contributed by atoms with van der Waals surface area (Å²) in [6.07, 6.45) is 8.02. The second-order valence-corrected chi connectivity index (χ2v) is 3.47. The quantitative estimate of drug-likeness (QED) is 0.811. The van der Waals surface area contributed by atoms with E-state index in [0.717, 1.165) is 29.9 Å². The summed E-state index contributed by atoms with van der Waals surface area (Å²) in [5.74, 6) is 0. The SMILES string of the molecule is C1=NN(c2cnncc2-c2ccn[nH]2)CC1. The van der Waals surface area contributed by atoms with E-state index in [4.69, 9.17) is 0 Å². The van der Waals surface area contributed by atoms with Crippen molar-refractivity contribution in [2.24, 2.45) is 5.10 Å². The van der Waals surface area contributed by atoms with E-state index >= 15 is 0 Å². The Kier molecular flexibility index (Phi) is 2.10. The summed E-state index contributed by atoms with van der Waals surface area (Å²) in [5, 5.41) is 20.9. The largest absolute Gasteiger partial charge is 0.278 e. The van der Waals surface area contributed by atoms with Crippen LogP contribution in [-0.4, -0.2) is 33.2 Å². The van der Waals surface area contributed by atoms with Crippen LogP contribution in [0.3, 0.4) is 0 Å². The Labute approximate surface area is 92.0 Å². The van der Waals surface area contributed by atoms with Gasteiger partial charge in [-0.15, -0.1) is 0 Å². The van der Waals surface area contributed by atoms with E-state index in [1.165, 1.54) is 0 Å². The van der Waals surface area contributed by atoms with Crippen LogP contribution in [0.1, 0.15) is 6.42 Å². The van der Waals surface area contributed by atoms with Gasteiger partial charge in [0.25, 0.3) is 0 Å². The number of anilines is 1. The normalized spacial score (nSPS) is 14.6. The average molecular weight is 214 g/mol. The van der Waals surface area contributed by atoms with Crippen LogP contribution >= 0.6 is 0 Å². The van der Waals surface area contributed by atoms with Crippen LogP contribution in [0.15, 0.2) is 29.8 Å². The molecule has 6 heteroatoms. The molecule has 0 atom stereocenters. The molecule has 1 N–H and O–H groups in total. The third kappa shape index (κ3) is 1.44. The average Bonchev–Trinajstić information content (AvgIpc) is 3.03. The molecule has 16 heavy (non-hydrogen) atoms. The van der Waals surface area contributed by atoms with Gasteiger partial charge >= 0.3 is 0 Å². The molecule has 0 amide bonds. The summed E-state index contributed by atoms with van der Waals surface area (Å²) >= 11 is 0. The zero-order valence-electron chi connectivity index (χ0n) is 8.54. The lowest BCUT2D eigenvalue weighted by atomic mass is 10.2. The lowest BCUT2D eigenvalue weighted by Gasteiger charge is -2.15. The highest BCUT2D eigenvalue weighted by atomic mass is 15.5. The maximum absolute atomic E-state index is 4.28. The Morgan fingerprint density at radius 3 is 2.94 bits per heavy atom. The summed E-state index contributed by atoms with van der Waals surface area (Å²) in [6, 6.07) is 1.90. The monoisotopic (exact) mass is 214 g/mol. The number of aromatic amines is 1. The van der Waals surface area contributed by atoms with Gasteiger partial charge < -0.3 is 0 Å². The number of rotatable bonds is 2. The third-order valence-corrected chi connectivity index (χ3v) is 2.47. The number of hydrazone groups is 1. The van der Waals surface area contributed by atoms with Gasteiger partial charge in [0.15, 0.2) is 0 Å². The van der Waals surface area contributed by atoms with Crippen LogP contribution in [0.5, 0.6) is 0 Å². The first-order chi connectivity index (χ1) is 7.95. The number of aromatic nitrogens is 4. The molecule has 0 radical (unpaired) electrons. The van der Waals surface area contributed by atoms with Crippen LogP contribution in [0.2, 0.25) is 0 Å². The van der Waals surface area contributed by atoms with Gasteiger partial charge in [-0.1, -0.05) is 0 Å². The lowest BCUT2D eigenvalue weighted by Crippen LogP contribution is -2.13. The smallest absolute Gasteiger partial charge is 0.0905 e. The first-order valence-electron chi connectivity index (χ1n) is 5.05. The fourth-order valence-electron chi connectivity index (χ4n) is 1.71. The summed E-state index contributed by atoms with van der Waals surface area (Å²) in [7, 11) is 0. The van der Waals surface area contributed by atoms with Crippen molar-refractivity contribution < 1.29 is 0 Å². The maximum atomic E-state index is 4.28. The molecule has 0 aliphatic carbocycles. The van der Waals surface area contributed by atoms with Gasteiger partial charge in [-0.3, -0.25) is 10.1 Å². The van der Waals surface area contributed by atoms with Gasteiger partial charge in [-0.05, 0) is 6.07 Å². The molecule has 6 nitrogen and oxygen atoms in total. The Morgan fingerprint density at radius 1 is 1.25 bits per heavy atom. The minimum atomic E-state index is 0.882. The van der Waals surface area contributed by atoms with Gasteiger partial charge in [-0.25, -0.2) is 0 Å². The highest BCUT2D eigenvalue weighted by Crippen LogP contribution is 2.28. The molecule has 2 aromatic rings. The van der Waals surface area contributed by atoms with E-state index in [0.29, 0.717) is 0 Å². The standard InChI is InChI=1S/C10H10N6/c1-3-14-16(5-1)10-7-13-12-6-8(10)9-2-4-11-15-9/h2-4,6-7H,1,5H2,(H,11,15). The Balaban J connectivity index is 2.07. The molecule has 0 saturated carbocycles. The predicted octanol–water partition coefficient (Wildman–Crippen LogP) is 1.06. The highest BCUT2D eigenvalue weighted by Gasteiger charge is 2.15. The number of H-pyrrole nitrogens is 1. The molecule has 1 aliphatic heterocycles. The van der Waals surface area contributed by atoms with E-state index in [2.05, 4.69) is 25.5 Å². The van der Waals surface area contributed by atoms with Crippen molar-refractivity contribution in [2.75, 3.05) is 11.6 Å². The van der Waals surface area contributed by atoms with Crippen molar-refractivity contribution in [1.82, 2.24) is 20.4 Å². The van der Waals surface area contributed by atoms with Crippen LogP contribution < -0.4 is 5.01 Å². The Bertz CT molecular complexity index is 504. The van der Waals surface area contributed by atoms with Gasteiger partial charge in [0.2, 0.25) is 0 Å². The van der Waals surface area contributed by atoms with E-state index in [9.17, 15) is 0 Å². The highest BCUT2D eigenvalue weighted by molar-refractivity contribution is 5.76. The molecular formula is C10H10N6. The number of nitrogens with one attached hydrogen (secondary N) is 1. The van der Waals surface area contributed by atoms with Gasteiger partial charge in [0.1, 0.15) is 0 Å². The van der Waals surface area contributed by atoms with Crippen molar-refractivity contribution in [2.45, 2.75) is 6.42 Å². The van der Waals surface area contributed by atoms with Crippen molar-refractivity contribution in [3.63, 3.8) is 0 Å². The van der Waals surface area contributed by atoms with Crippen molar-refractivity contribution in [3.8, 4) is 11.3 Å². The number of hydrogen-bond donors (Lipinski definition) is 1. The fourth-order valence-corrected chi connectivity index (χ4v) is 1.71. The summed E-state index contributed by atoms with van der Waals surface area (Å²) in [5.41, 5.74) is 2.84. The molecule has 0 fully saturated rings. The van der Waals surface area contributed by atoms with Gasteiger partial charge in [-0.2, -0.15) is 20.4 Å². The second-order valence-electron chi connectivity index (χ2n) is 3.47. The lowest BCUT2D eigenvalue weighted by molar-refractivity contribution is 0.902. The topological polar surface area (TPSA) is 70.1 Å². The third-order valence-electron chi connectivity index (χ3n) is 2.47. The van der Waals surface area contributed by atoms with Crippen LogP contribution in [-0.2, 0) is 0 Å². The van der Waals surface area contributed by atoms with E-state index in [1.54, 1.807) is 18.6 Å². The summed E-state index contributed by atoms with van der Waals surface area (Å²) < 4.78 is 0. The Hall–Kier alpha value is -2.24. The minimum Gasteiger partial charge on any atom is -0.278 e. The molecule has 2 aromatic heterocycles. The Morgan fingerprint density at radius 2 is 2.19 bits per heavy atom. The van der Waals surface area contributed by atoms with Crippen molar-refractivity contribution in [1.29, 1.82) is 0 Å². The van der Waals surface area contributed by atoms with Crippen molar-refractivity contribution in [3.05, 3.63) is 24.7 Å². The maximum Gasteiger partial charge on any atom is 0.0905 e. The van der Waals surface area contributed by atoms with Crippen molar-refractivity contribution >= 4 is 11.9 Å². The first kappa shape index (κ1) is 9.02. The first-order valence-corrected chi connectivity index (χ1v) is 5.05. The zero-order valence-corrected chi connectivity index (χ0v) is 8.54. The number of hydrogen-bond acceptors (Lipinski definition) is 5. The molecule has 0 unspecified atom stereocenters. The zero-order chi connectivity index (χ0) is 10.8. The van der Waals surface area contributed by atoms with E-state index in [-0.39, 0.29) is 0 Å². The fraction of sp³-hybridized carbons (Fsp3) is 0.200. The van der Waals surface area contributed by atoms with Crippen LogP contribution in [0, 0.1) is 0 Å². The minimum absolute atomic E-state index is 0.882. The summed E-state index contributed by atoms with van der Waals surface area (Å²) in [6.45, 7) is 0.882. The molecule has 80 valence electrons. The van der Waals surface area contributed by atoms with E-state index in [1.807, 2.05) is 17.3 Å². The summed E-state index contributed by atoms with van der Waals surface area (Å²) in [4.78, 5) is 0. The second kappa shape index (κ2) is 3.73.